The standard InChI is InChI=1S/C21H21ClF3N5O2/c1-12(2)17(11-31)29-20-28-16(15-5-3-4-8-26-15)10-19(30-20)27-13-6-7-18(14(22)9-13)32-21(23,24)25/h3-10,12,17,31H,11H2,1-2H3,(H2,27,28,29,30)/t17-/m0/s1. The van der Waals surface area contributed by atoms with Gasteiger partial charge in [0.15, 0.2) is 0 Å². The van der Waals surface area contributed by atoms with Crippen molar-refractivity contribution in [2.45, 2.75) is 26.3 Å². The van der Waals surface area contributed by atoms with Gasteiger partial charge in [-0.05, 0) is 36.2 Å². The monoisotopic (exact) mass is 467 g/mol. The van der Waals surface area contributed by atoms with Crippen LogP contribution in [0.1, 0.15) is 13.8 Å². The lowest BCUT2D eigenvalue weighted by atomic mass is 10.1. The Morgan fingerprint density at radius 2 is 1.88 bits per heavy atom. The number of nitrogens with one attached hydrogen (secondary N) is 2. The van der Waals surface area contributed by atoms with Gasteiger partial charge in [-0.1, -0.05) is 31.5 Å². The van der Waals surface area contributed by atoms with Crippen LogP contribution in [-0.2, 0) is 0 Å². The zero-order valence-electron chi connectivity index (χ0n) is 17.2. The molecule has 32 heavy (non-hydrogen) atoms. The van der Waals surface area contributed by atoms with Crippen molar-refractivity contribution in [2.75, 3.05) is 17.2 Å². The van der Waals surface area contributed by atoms with Crippen molar-refractivity contribution in [3.63, 3.8) is 0 Å². The fourth-order valence-electron chi connectivity index (χ4n) is 2.74. The maximum Gasteiger partial charge on any atom is 0.573 e. The molecule has 2 heterocycles. The van der Waals surface area contributed by atoms with Crippen molar-refractivity contribution in [1.82, 2.24) is 15.0 Å². The quantitative estimate of drug-likeness (QED) is 0.416. The van der Waals surface area contributed by atoms with Gasteiger partial charge in [0, 0.05) is 18.0 Å². The van der Waals surface area contributed by atoms with Gasteiger partial charge in [-0.15, -0.1) is 13.2 Å². The van der Waals surface area contributed by atoms with Gasteiger partial charge in [-0.25, -0.2) is 4.98 Å². The minimum atomic E-state index is -4.84. The third-order valence-electron chi connectivity index (χ3n) is 4.40. The molecular weight excluding hydrogens is 447 g/mol. The van der Waals surface area contributed by atoms with Gasteiger partial charge in [0.2, 0.25) is 5.95 Å². The number of rotatable bonds is 8. The van der Waals surface area contributed by atoms with Crippen molar-refractivity contribution >= 4 is 29.1 Å². The molecule has 0 amide bonds. The SMILES string of the molecule is CC(C)[C@H](CO)Nc1nc(Nc2ccc(OC(F)(F)F)c(Cl)c2)cc(-c2ccccn2)n1. The molecule has 0 saturated heterocycles. The molecule has 3 aromatic rings. The van der Waals surface area contributed by atoms with Gasteiger partial charge in [-0.2, -0.15) is 4.98 Å². The topological polar surface area (TPSA) is 92.2 Å². The van der Waals surface area contributed by atoms with Crippen molar-refractivity contribution < 1.29 is 23.0 Å². The van der Waals surface area contributed by atoms with Gasteiger partial charge in [-0.3, -0.25) is 4.98 Å². The number of nitrogens with zero attached hydrogens (tertiary/aromatic N) is 3. The van der Waals surface area contributed by atoms with Crippen LogP contribution in [0.25, 0.3) is 11.4 Å². The Morgan fingerprint density at radius 1 is 1.09 bits per heavy atom. The molecule has 0 bridgehead atoms. The summed E-state index contributed by atoms with van der Waals surface area (Å²) in [4.78, 5) is 13.2. The maximum atomic E-state index is 12.5. The van der Waals surface area contributed by atoms with E-state index in [4.69, 9.17) is 11.6 Å². The van der Waals surface area contributed by atoms with E-state index in [1.54, 1.807) is 24.4 Å². The molecule has 0 aliphatic heterocycles. The molecule has 1 aromatic carbocycles. The highest BCUT2D eigenvalue weighted by atomic mass is 35.5. The van der Waals surface area contributed by atoms with E-state index in [0.717, 1.165) is 6.07 Å². The Labute approximate surface area is 187 Å². The van der Waals surface area contributed by atoms with Crippen LogP contribution >= 0.6 is 11.6 Å². The first-order chi connectivity index (χ1) is 15.1. The van der Waals surface area contributed by atoms with Crippen molar-refractivity contribution in [3.05, 3.63) is 53.7 Å². The second-order valence-electron chi connectivity index (χ2n) is 7.17. The lowest BCUT2D eigenvalue weighted by Crippen LogP contribution is -2.30. The summed E-state index contributed by atoms with van der Waals surface area (Å²) in [5, 5.41) is 15.5. The van der Waals surface area contributed by atoms with Gasteiger partial charge < -0.3 is 20.5 Å². The molecular formula is C21H21ClF3N5O2. The molecule has 0 spiro atoms. The number of alkyl halides is 3. The second-order valence-corrected chi connectivity index (χ2v) is 7.58. The summed E-state index contributed by atoms with van der Waals surface area (Å²) < 4.78 is 41.3. The number of hydrogen-bond donors (Lipinski definition) is 3. The number of halogens is 4. The minimum absolute atomic E-state index is 0.110. The van der Waals surface area contributed by atoms with Gasteiger partial charge in [0.1, 0.15) is 11.6 Å². The number of aliphatic hydroxyl groups excluding tert-OH is 1. The highest BCUT2D eigenvalue weighted by molar-refractivity contribution is 6.32. The summed E-state index contributed by atoms with van der Waals surface area (Å²) in [5.41, 5.74) is 1.50. The molecule has 0 fully saturated rings. The van der Waals surface area contributed by atoms with Crippen LogP contribution in [0.5, 0.6) is 5.75 Å². The lowest BCUT2D eigenvalue weighted by Gasteiger charge is -2.20. The van der Waals surface area contributed by atoms with Gasteiger partial charge in [0.05, 0.1) is 29.1 Å². The molecule has 3 N–H and O–H groups in total. The predicted molar refractivity (Wildman–Crippen MR) is 116 cm³/mol. The third-order valence-corrected chi connectivity index (χ3v) is 4.69. The normalized spacial score (nSPS) is 12.5. The van der Waals surface area contributed by atoms with Crippen LogP contribution in [0, 0.1) is 5.92 Å². The first-order valence-electron chi connectivity index (χ1n) is 9.65. The summed E-state index contributed by atoms with van der Waals surface area (Å²) >= 11 is 5.93. The Hall–Kier alpha value is -3.11. The smallest absolute Gasteiger partial charge is 0.404 e. The fourth-order valence-corrected chi connectivity index (χ4v) is 2.96. The predicted octanol–water partition coefficient (Wildman–Crippen LogP) is 5.26. The molecule has 0 saturated carbocycles. The number of hydrogen-bond acceptors (Lipinski definition) is 7. The van der Waals surface area contributed by atoms with Crippen molar-refractivity contribution in [3.8, 4) is 17.1 Å². The molecule has 170 valence electrons. The van der Waals surface area contributed by atoms with E-state index in [-0.39, 0.29) is 29.5 Å². The fraction of sp³-hybridized carbons (Fsp3) is 0.286. The average molecular weight is 468 g/mol. The molecule has 2 aromatic heterocycles. The number of ether oxygens (including phenoxy) is 1. The Bertz CT molecular complexity index is 1050. The molecule has 7 nitrogen and oxygen atoms in total. The van der Waals surface area contributed by atoms with E-state index >= 15 is 0 Å². The molecule has 0 aliphatic rings. The summed E-state index contributed by atoms with van der Waals surface area (Å²) in [5.74, 6) is 0.209. The minimum Gasteiger partial charge on any atom is -0.404 e. The van der Waals surface area contributed by atoms with Crippen molar-refractivity contribution in [2.24, 2.45) is 5.92 Å². The van der Waals surface area contributed by atoms with Gasteiger partial charge >= 0.3 is 6.36 Å². The summed E-state index contributed by atoms with van der Waals surface area (Å²) in [6, 6.07) is 10.5. The van der Waals surface area contributed by atoms with Gasteiger partial charge in [0.25, 0.3) is 0 Å². The van der Waals surface area contributed by atoms with Crippen LogP contribution in [0.3, 0.4) is 0 Å². The molecule has 11 heteroatoms. The summed E-state index contributed by atoms with van der Waals surface area (Å²) in [6.45, 7) is 3.78. The largest absolute Gasteiger partial charge is 0.573 e. The highest BCUT2D eigenvalue weighted by Gasteiger charge is 2.32. The molecule has 0 aliphatic carbocycles. The van der Waals surface area contributed by atoms with Crippen LogP contribution in [0.2, 0.25) is 5.02 Å². The zero-order valence-corrected chi connectivity index (χ0v) is 17.9. The average Bonchev–Trinajstić information content (AvgIpc) is 2.73. The van der Waals surface area contributed by atoms with E-state index in [1.165, 1.54) is 12.1 Å². The Kier molecular flexibility index (Phi) is 7.37. The number of pyridine rings is 1. The molecule has 0 radical (unpaired) electrons. The van der Waals surface area contributed by atoms with E-state index in [9.17, 15) is 18.3 Å². The number of aliphatic hydroxyl groups is 1. The van der Waals surface area contributed by atoms with E-state index in [0.29, 0.717) is 22.9 Å². The second kappa shape index (κ2) is 10.0. The maximum absolute atomic E-state index is 12.5. The van der Waals surface area contributed by atoms with E-state index < -0.39 is 12.1 Å². The number of anilines is 3. The first-order valence-corrected chi connectivity index (χ1v) is 10.0. The van der Waals surface area contributed by atoms with Crippen LogP contribution in [0.15, 0.2) is 48.7 Å². The summed E-state index contributed by atoms with van der Waals surface area (Å²) in [6.07, 6.45) is -3.22. The third kappa shape index (κ3) is 6.44. The van der Waals surface area contributed by atoms with Crippen molar-refractivity contribution in [1.29, 1.82) is 0 Å². The number of aromatic nitrogens is 3. The Morgan fingerprint density at radius 3 is 2.47 bits per heavy atom. The van der Waals surface area contributed by atoms with E-state index in [1.807, 2.05) is 19.9 Å². The van der Waals surface area contributed by atoms with E-state index in [2.05, 4.69) is 30.3 Å². The molecule has 0 unspecified atom stereocenters. The Balaban J connectivity index is 1.93. The van der Waals surface area contributed by atoms with Crippen LogP contribution < -0.4 is 15.4 Å². The molecule has 3 rings (SSSR count). The number of benzene rings is 1. The zero-order chi connectivity index (χ0) is 23.3. The summed E-state index contributed by atoms with van der Waals surface area (Å²) in [7, 11) is 0. The molecule has 1 atom stereocenters. The van der Waals surface area contributed by atoms with Crippen LogP contribution in [-0.4, -0.2) is 39.1 Å². The lowest BCUT2D eigenvalue weighted by molar-refractivity contribution is -0.274. The van der Waals surface area contributed by atoms with Crippen LogP contribution in [0.4, 0.5) is 30.6 Å². The highest BCUT2D eigenvalue weighted by Crippen LogP contribution is 2.33. The first kappa shape index (κ1) is 23.6.